The molecule has 5 heteroatoms. The van der Waals surface area contributed by atoms with Gasteiger partial charge < -0.3 is 4.42 Å². The van der Waals surface area contributed by atoms with Crippen molar-refractivity contribution in [3.63, 3.8) is 0 Å². The number of benzene rings is 2. The summed E-state index contributed by atoms with van der Waals surface area (Å²) in [5.41, 5.74) is 0.527. The van der Waals surface area contributed by atoms with Crippen LogP contribution in [0.15, 0.2) is 52.1 Å². The number of hydrogen-bond acceptors (Lipinski definition) is 5. The molecular formula is C18H18N2O2S. The maximum Gasteiger partial charge on any atom is 0.277 e. The lowest BCUT2D eigenvalue weighted by Gasteiger charge is -2.14. The Bertz CT molecular complexity index is 849. The third-order valence-corrected chi connectivity index (χ3v) is 4.38. The zero-order valence-corrected chi connectivity index (χ0v) is 14.2. The molecule has 1 heterocycles. The highest BCUT2D eigenvalue weighted by atomic mass is 32.2. The van der Waals surface area contributed by atoms with E-state index in [4.69, 9.17) is 4.42 Å². The third-order valence-electron chi connectivity index (χ3n) is 3.57. The van der Waals surface area contributed by atoms with E-state index in [0.29, 0.717) is 16.9 Å². The van der Waals surface area contributed by atoms with Crippen molar-refractivity contribution in [3.8, 4) is 11.5 Å². The minimum absolute atomic E-state index is 0.160. The van der Waals surface area contributed by atoms with Gasteiger partial charge in [0.2, 0.25) is 5.89 Å². The Morgan fingerprint density at radius 3 is 2.57 bits per heavy atom. The highest BCUT2D eigenvalue weighted by Gasteiger charge is 2.22. The lowest BCUT2D eigenvalue weighted by Crippen LogP contribution is -2.21. The molecule has 0 bridgehead atoms. The lowest BCUT2D eigenvalue weighted by molar-refractivity contribution is -0.123. The molecule has 118 valence electrons. The van der Waals surface area contributed by atoms with Gasteiger partial charge in [-0.3, -0.25) is 4.79 Å². The first-order valence-corrected chi connectivity index (χ1v) is 8.41. The number of ketones is 1. The van der Waals surface area contributed by atoms with Crippen LogP contribution in [0.3, 0.4) is 0 Å². The van der Waals surface area contributed by atoms with Crippen LogP contribution in [-0.2, 0) is 4.79 Å². The van der Waals surface area contributed by atoms with E-state index in [-0.39, 0.29) is 11.2 Å². The van der Waals surface area contributed by atoms with Gasteiger partial charge in [-0.15, -0.1) is 10.2 Å². The predicted molar refractivity (Wildman–Crippen MR) is 92.4 cm³/mol. The molecule has 0 saturated heterocycles. The number of nitrogens with zero attached hydrogens (tertiary/aromatic N) is 2. The first kappa shape index (κ1) is 15.7. The van der Waals surface area contributed by atoms with Gasteiger partial charge in [0.1, 0.15) is 5.78 Å². The average molecular weight is 326 g/mol. The second-order valence-electron chi connectivity index (χ2n) is 6.40. The molecule has 0 aliphatic rings. The van der Waals surface area contributed by atoms with E-state index in [9.17, 15) is 4.79 Å². The SMILES string of the molecule is CC(C)(C)C(=O)CSc1nnc(-c2ccc3ccccc3c2)o1. The fourth-order valence-corrected chi connectivity index (χ4v) is 2.97. The molecule has 0 spiro atoms. The normalized spacial score (nSPS) is 11.8. The van der Waals surface area contributed by atoms with Crippen LogP contribution < -0.4 is 0 Å². The van der Waals surface area contributed by atoms with E-state index >= 15 is 0 Å². The van der Waals surface area contributed by atoms with Gasteiger partial charge in [0.05, 0.1) is 5.75 Å². The Morgan fingerprint density at radius 1 is 1.09 bits per heavy atom. The maximum atomic E-state index is 12.0. The van der Waals surface area contributed by atoms with Crippen molar-refractivity contribution >= 4 is 28.3 Å². The molecule has 0 amide bonds. The van der Waals surface area contributed by atoms with Crippen LogP contribution in [0.4, 0.5) is 0 Å². The summed E-state index contributed by atoms with van der Waals surface area (Å²) in [5, 5.41) is 10.8. The van der Waals surface area contributed by atoms with Crippen LogP contribution in [0, 0.1) is 5.41 Å². The zero-order chi connectivity index (χ0) is 16.4. The van der Waals surface area contributed by atoms with Gasteiger partial charge in [0.25, 0.3) is 5.22 Å². The maximum absolute atomic E-state index is 12.0. The Labute approximate surface area is 139 Å². The van der Waals surface area contributed by atoms with E-state index in [0.717, 1.165) is 10.9 Å². The summed E-state index contributed by atoms with van der Waals surface area (Å²) in [4.78, 5) is 12.0. The number of thioether (sulfide) groups is 1. The van der Waals surface area contributed by atoms with Gasteiger partial charge >= 0.3 is 0 Å². The van der Waals surface area contributed by atoms with Crippen LogP contribution >= 0.6 is 11.8 Å². The molecule has 1 aromatic heterocycles. The van der Waals surface area contributed by atoms with Crippen molar-refractivity contribution in [3.05, 3.63) is 42.5 Å². The van der Waals surface area contributed by atoms with Gasteiger partial charge in [-0.2, -0.15) is 0 Å². The van der Waals surface area contributed by atoms with Crippen LogP contribution in [0.5, 0.6) is 0 Å². The molecule has 0 aliphatic carbocycles. The van der Waals surface area contributed by atoms with E-state index < -0.39 is 0 Å². The Kier molecular flexibility index (Phi) is 4.22. The van der Waals surface area contributed by atoms with E-state index in [2.05, 4.69) is 16.3 Å². The highest BCUT2D eigenvalue weighted by molar-refractivity contribution is 7.99. The standard InChI is InChI=1S/C18H18N2O2S/c1-18(2,3)15(21)11-23-17-20-19-16(22-17)14-9-8-12-6-4-5-7-13(12)10-14/h4-10H,11H2,1-3H3. The summed E-state index contributed by atoms with van der Waals surface area (Å²) in [6.07, 6.45) is 0. The number of carbonyl (C=O) groups excluding carboxylic acids is 1. The Hall–Kier alpha value is -2.14. The van der Waals surface area contributed by atoms with Crippen LogP contribution in [0.1, 0.15) is 20.8 Å². The largest absolute Gasteiger partial charge is 0.411 e. The summed E-state index contributed by atoms with van der Waals surface area (Å²) in [7, 11) is 0. The molecule has 0 atom stereocenters. The summed E-state index contributed by atoms with van der Waals surface area (Å²) in [6, 6.07) is 14.1. The molecule has 2 aromatic carbocycles. The van der Waals surface area contributed by atoms with E-state index in [1.165, 1.54) is 17.1 Å². The second kappa shape index (κ2) is 6.16. The lowest BCUT2D eigenvalue weighted by atomic mass is 9.92. The van der Waals surface area contributed by atoms with E-state index in [1.54, 1.807) is 0 Å². The first-order valence-electron chi connectivity index (χ1n) is 7.42. The number of carbonyl (C=O) groups is 1. The first-order chi connectivity index (χ1) is 10.9. The molecule has 3 rings (SSSR count). The summed E-state index contributed by atoms with van der Waals surface area (Å²) in [5.74, 6) is 0.970. The monoisotopic (exact) mass is 326 g/mol. The van der Waals surface area contributed by atoms with Crippen LogP contribution in [0.25, 0.3) is 22.2 Å². The molecule has 0 unspecified atom stereocenters. The van der Waals surface area contributed by atoms with Crippen LogP contribution in [-0.4, -0.2) is 21.7 Å². The summed E-state index contributed by atoms with van der Waals surface area (Å²) >= 11 is 1.28. The summed E-state index contributed by atoms with van der Waals surface area (Å²) < 4.78 is 5.67. The van der Waals surface area contributed by atoms with Crippen molar-refractivity contribution in [1.82, 2.24) is 10.2 Å². The van der Waals surface area contributed by atoms with Crippen molar-refractivity contribution in [2.24, 2.45) is 5.41 Å². The van der Waals surface area contributed by atoms with Crippen molar-refractivity contribution < 1.29 is 9.21 Å². The van der Waals surface area contributed by atoms with Gasteiger partial charge in [0, 0.05) is 11.0 Å². The summed E-state index contributed by atoms with van der Waals surface area (Å²) in [6.45, 7) is 5.72. The molecule has 23 heavy (non-hydrogen) atoms. The number of hydrogen-bond donors (Lipinski definition) is 0. The van der Waals surface area contributed by atoms with Crippen molar-refractivity contribution in [2.75, 3.05) is 5.75 Å². The molecule has 3 aromatic rings. The number of fused-ring (bicyclic) bond motifs is 1. The number of Topliss-reactive ketones (excluding diaryl/α,β-unsaturated/α-hetero) is 1. The van der Waals surface area contributed by atoms with Crippen molar-refractivity contribution in [1.29, 1.82) is 0 Å². The predicted octanol–water partition coefficient (Wildman–Crippen LogP) is 4.60. The average Bonchev–Trinajstić information content (AvgIpc) is 3.00. The zero-order valence-electron chi connectivity index (χ0n) is 13.4. The fraction of sp³-hybridized carbons (Fsp3) is 0.278. The Morgan fingerprint density at radius 2 is 1.83 bits per heavy atom. The van der Waals surface area contributed by atoms with Gasteiger partial charge in [0.15, 0.2) is 0 Å². The topological polar surface area (TPSA) is 56.0 Å². The molecule has 4 nitrogen and oxygen atoms in total. The molecule has 0 fully saturated rings. The Balaban J connectivity index is 1.76. The number of aromatic nitrogens is 2. The van der Waals surface area contributed by atoms with Gasteiger partial charge in [-0.05, 0) is 22.9 Å². The van der Waals surface area contributed by atoms with Crippen LogP contribution in [0.2, 0.25) is 0 Å². The quantitative estimate of drug-likeness (QED) is 0.656. The molecule has 0 saturated carbocycles. The van der Waals surface area contributed by atoms with E-state index in [1.807, 2.05) is 57.2 Å². The van der Waals surface area contributed by atoms with Crippen molar-refractivity contribution in [2.45, 2.75) is 26.0 Å². The highest BCUT2D eigenvalue weighted by Crippen LogP contribution is 2.27. The minimum atomic E-state index is -0.353. The number of rotatable bonds is 4. The van der Waals surface area contributed by atoms with Gasteiger partial charge in [-0.25, -0.2) is 0 Å². The molecule has 0 radical (unpaired) electrons. The molecule has 0 aliphatic heterocycles. The van der Waals surface area contributed by atoms with Gasteiger partial charge in [-0.1, -0.05) is 62.9 Å². The molecular weight excluding hydrogens is 308 g/mol. The second-order valence-corrected chi connectivity index (χ2v) is 7.32. The minimum Gasteiger partial charge on any atom is -0.411 e. The smallest absolute Gasteiger partial charge is 0.277 e. The fourth-order valence-electron chi connectivity index (χ4n) is 2.05. The third kappa shape index (κ3) is 3.62. The molecule has 0 N–H and O–H groups in total.